The Morgan fingerprint density at radius 3 is 2.70 bits per heavy atom. The van der Waals surface area contributed by atoms with Crippen LogP contribution in [-0.2, 0) is 9.53 Å². The summed E-state index contributed by atoms with van der Waals surface area (Å²) in [4.78, 5) is 11.5. The number of methoxy groups -OCH3 is 1. The van der Waals surface area contributed by atoms with Crippen molar-refractivity contribution >= 4 is 35.6 Å². The maximum Gasteiger partial charge on any atom is 0.225 e. The van der Waals surface area contributed by atoms with Crippen molar-refractivity contribution in [3.63, 3.8) is 0 Å². The average Bonchev–Trinajstić information content (AvgIpc) is 2.31. The van der Waals surface area contributed by atoms with Crippen LogP contribution in [0, 0.1) is 0 Å². The van der Waals surface area contributed by atoms with Crippen LogP contribution >= 0.6 is 24.0 Å². The van der Waals surface area contributed by atoms with Gasteiger partial charge in [-0.1, -0.05) is 11.6 Å². The topological polar surface area (TPSA) is 73.6 Å². The Morgan fingerprint density at radius 1 is 1.45 bits per heavy atom. The van der Waals surface area contributed by atoms with Crippen molar-refractivity contribution in [2.45, 2.75) is 19.4 Å². The van der Waals surface area contributed by atoms with Gasteiger partial charge in [-0.3, -0.25) is 4.79 Å². The molecule has 0 aromatic heterocycles. The molecule has 20 heavy (non-hydrogen) atoms. The van der Waals surface area contributed by atoms with Crippen LogP contribution in [0.15, 0.2) is 18.2 Å². The summed E-state index contributed by atoms with van der Waals surface area (Å²) in [6.45, 7) is 2.69. The van der Waals surface area contributed by atoms with Crippen LogP contribution in [0.25, 0.3) is 0 Å². The molecule has 114 valence electrons. The Kier molecular flexibility index (Phi) is 9.33. The van der Waals surface area contributed by atoms with Crippen LogP contribution in [-0.4, -0.2) is 32.3 Å². The Hall–Kier alpha value is -1.01. The van der Waals surface area contributed by atoms with Crippen molar-refractivity contribution < 1.29 is 14.3 Å². The van der Waals surface area contributed by atoms with Gasteiger partial charge < -0.3 is 20.5 Å². The second-order valence-electron chi connectivity index (χ2n) is 4.22. The maximum atomic E-state index is 11.5. The third-order valence-electron chi connectivity index (χ3n) is 2.27. The van der Waals surface area contributed by atoms with E-state index in [0.29, 0.717) is 29.7 Å². The maximum absolute atomic E-state index is 11.5. The minimum atomic E-state index is -0.174. The van der Waals surface area contributed by atoms with E-state index in [2.05, 4.69) is 5.32 Å². The molecule has 0 aliphatic rings. The van der Waals surface area contributed by atoms with Crippen molar-refractivity contribution in [2.75, 3.05) is 25.6 Å². The lowest BCUT2D eigenvalue weighted by Gasteiger charge is -2.11. The summed E-state index contributed by atoms with van der Waals surface area (Å²) in [6, 6.07) is 4.90. The fourth-order valence-corrected chi connectivity index (χ4v) is 1.67. The molecule has 0 fully saturated rings. The third kappa shape index (κ3) is 6.96. The van der Waals surface area contributed by atoms with E-state index >= 15 is 0 Å². The minimum absolute atomic E-state index is 0. The van der Waals surface area contributed by atoms with Gasteiger partial charge in [0.1, 0.15) is 12.4 Å². The van der Waals surface area contributed by atoms with Crippen LogP contribution in [0.1, 0.15) is 13.3 Å². The highest BCUT2D eigenvalue weighted by Crippen LogP contribution is 2.27. The normalized spacial score (nSPS) is 11.4. The van der Waals surface area contributed by atoms with Crippen LogP contribution in [0.5, 0.6) is 5.75 Å². The van der Waals surface area contributed by atoms with E-state index in [9.17, 15) is 4.79 Å². The highest BCUT2D eigenvalue weighted by Gasteiger charge is 2.08. The van der Waals surface area contributed by atoms with Gasteiger partial charge in [-0.05, 0) is 25.1 Å². The lowest BCUT2D eigenvalue weighted by molar-refractivity contribution is -0.116. The first-order valence-corrected chi connectivity index (χ1v) is 6.37. The molecule has 0 saturated heterocycles. The largest absolute Gasteiger partial charge is 0.490 e. The second kappa shape index (κ2) is 9.83. The Morgan fingerprint density at radius 2 is 2.15 bits per heavy atom. The molecule has 5 nitrogen and oxygen atoms in total. The summed E-state index contributed by atoms with van der Waals surface area (Å²) in [5.41, 5.74) is 6.17. The van der Waals surface area contributed by atoms with Gasteiger partial charge in [0.15, 0.2) is 0 Å². The number of hydrogen-bond donors (Lipinski definition) is 2. The molecule has 0 saturated carbocycles. The first-order valence-electron chi connectivity index (χ1n) is 5.99. The molecule has 1 amide bonds. The number of nitrogens with two attached hydrogens (primary N) is 1. The lowest BCUT2D eigenvalue weighted by atomic mass is 10.2. The molecule has 1 rings (SSSR count). The fraction of sp³-hybridized carbons (Fsp3) is 0.462. The van der Waals surface area contributed by atoms with E-state index in [1.54, 1.807) is 32.2 Å². The molecule has 0 aliphatic heterocycles. The number of carbonyl (C=O) groups excluding carboxylic acids is 1. The summed E-state index contributed by atoms with van der Waals surface area (Å²) >= 11 is 6.06. The van der Waals surface area contributed by atoms with Crippen LogP contribution < -0.4 is 15.8 Å². The number of nitrogens with one attached hydrogen (secondary N) is 1. The predicted molar refractivity (Wildman–Crippen MR) is 83.0 cm³/mol. The number of amides is 1. The molecule has 1 aromatic rings. The van der Waals surface area contributed by atoms with E-state index in [1.165, 1.54) is 0 Å². The Labute approximate surface area is 130 Å². The van der Waals surface area contributed by atoms with Crippen LogP contribution in [0.4, 0.5) is 5.69 Å². The zero-order valence-electron chi connectivity index (χ0n) is 11.5. The summed E-state index contributed by atoms with van der Waals surface area (Å²) in [6.07, 6.45) is 0.268. The van der Waals surface area contributed by atoms with Gasteiger partial charge in [0.05, 0.1) is 11.6 Å². The summed E-state index contributed by atoms with van der Waals surface area (Å²) in [7, 11) is 1.60. The van der Waals surface area contributed by atoms with Crippen molar-refractivity contribution in [3.05, 3.63) is 23.2 Å². The van der Waals surface area contributed by atoms with Crippen molar-refractivity contribution in [2.24, 2.45) is 5.73 Å². The number of halogens is 2. The van der Waals surface area contributed by atoms with Crippen molar-refractivity contribution in [3.8, 4) is 5.75 Å². The SMILES string of the molecule is COCCOc1ccc(NC(=O)CC(C)N)cc1Cl.Cl. The Bertz CT molecular complexity index is 428. The summed E-state index contributed by atoms with van der Waals surface area (Å²) < 4.78 is 10.3. The summed E-state index contributed by atoms with van der Waals surface area (Å²) in [5.74, 6) is 0.419. The number of ether oxygens (including phenoxy) is 2. The van der Waals surface area contributed by atoms with Gasteiger partial charge in [0, 0.05) is 25.3 Å². The Balaban J connectivity index is 0.00000361. The highest BCUT2D eigenvalue weighted by atomic mass is 35.5. The predicted octanol–water partition coefficient (Wildman–Crippen LogP) is 2.46. The summed E-state index contributed by atoms with van der Waals surface area (Å²) in [5, 5.41) is 3.16. The quantitative estimate of drug-likeness (QED) is 0.756. The van der Waals surface area contributed by atoms with Crippen molar-refractivity contribution in [1.29, 1.82) is 0 Å². The molecule has 3 N–H and O–H groups in total. The molecule has 0 spiro atoms. The fourth-order valence-electron chi connectivity index (χ4n) is 1.44. The van der Waals surface area contributed by atoms with Crippen molar-refractivity contribution in [1.82, 2.24) is 0 Å². The monoisotopic (exact) mass is 322 g/mol. The molecular formula is C13H20Cl2N2O3. The average molecular weight is 323 g/mol. The molecular weight excluding hydrogens is 303 g/mol. The van der Waals surface area contributed by atoms with E-state index in [4.69, 9.17) is 26.8 Å². The molecule has 1 atom stereocenters. The molecule has 1 unspecified atom stereocenters. The highest BCUT2D eigenvalue weighted by molar-refractivity contribution is 6.32. The minimum Gasteiger partial charge on any atom is -0.490 e. The van der Waals surface area contributed by atoms with E-state index in [-0.39, 0.29) is 30.8 Å². The van der Waals surface area contributed by atoms with Gasteiger partial charge in [-0.25, -0.2) is 0 Å². The third-order valence-corrected chi connectivity index (χ3v) is 2.56. The standard InChI is InChI=1S/C13H19ClN2O3.ClH/c1-9(15)7-13(17)16-10-3-4-12(11(14)8-10)19-6-5-18-2;/h3-4,8-9H,5-7,15H2,1-2H3,(H,16,17);1H. The number of anilines is 1. The number of hydrogen-bond acceptors (Lipinski definition) is 4. The molecule has 1 aromatic carbocycles. The number of rotatable bonds is 7. The zero-order valence-corrected chi connectivity index (χ0v) is 13.1. The molecule has 0 radical (unpaired) electrons. The van der Waals surface area contributed by atoms with Gasteiger partial charge in [0.2, 0.25) is 5.91 Å². The van der Waals surface area contributed by atoms with Gasteiger partial charge in [-0.15, -0.1) is 12.4 Å². The first-order chi connectivity index (χ1) is 9.02. The number of benzene rings is 1. The van der Waals surface area contributed by atoms with E-state index in [1.807, 2.05) is 0 Å². The lowest BCUT2D eigenvalue weighted by Crippen LogP contribution is -2.23. The van der Waals surface area contributed by atoms with Crippen LogP contribution in [0.2, 0.25) is 5.02 Å². The van der Waals surface area contributed by atoms with Gasteiger partial charge in [0.25, 0.3) is 0 Å². The van der Waals surface area contributed by atoms with E-state index in [0.717, 1.165) is 0 Å². The smallest absolute Gasteiger partial charge is 0.225 e. The zero-order chi connectivity index (χ0) is 14.3. The molecule has 0 bridgehead atoms. The second-order valence-corrected chi connectivity index (χ2v) is 4.62. The first kappa shape index (κ1) is 19.0. The number of carbonyl (C=O) groups is 1. The van der Waals surface area contributed by atoms with E-state index < -0.39 is 0 Å². The van der Waals surface area contributed by atoms with Crippen LogP contribution in [0.3, 0.4) is 0 Å². The molecule has 7 heteroatoms. The van der Waals surface area contributed by atoms with Gasteiger partial charge >= 0.3 is 0 Å². The molecule has 0 heterocycles. The molecule has 0 aliphatic carbocycles. The van der Waals surface area contributed by atoms with Gasteiger partial charge in [-0.2, -0.15) is 0 Å².